The second-order valence-electron chi connectivity index (χ2n) is 3.95. The zero-order valence-electron chi connectivity index (χ0n) is 10.2. The SMILES string of the molecule is COCCC(C)NCc1cccc(C#N)c1F. The Bertz CT molecular complexity index is 401. The van der Waals surface area contributed by atoms with E-state index < -0.39 is 5.82 Å². The number of nitrogens with zero attached hydrogens (tertiary/aromatic N) is 1. The van der Waals surface area contributed by atoms with Crippen LogP contribution in [0.3, 0.4) is 0 Å². The predicted octanol–water partition coefficient (Wildman–Crippen LogP) is 2.21. The number of nitriles is 1. The zero-order valence-corrected chi connectivity index (χ0v) is 10.2. The molecule has 0 aliphatic heterocycles. The Morgan fingerprint density at radius 3 is 2.94 bits per heavy atom. The molecule has 0 amide bonds. The molecule has 0 aromatic heterocycles. The third-order valence-electron chi connectivity index (χ3n) is 2.60. The van der Waals surface area contributed by atoms with E-state index in [2.05, 4.69) is 5.32 Å². The van der Waals surface area contributed by atoms with Crippen molar-refractivity contribution in [3.63, 3.8) is 0 Å². The van der Waals surface area contributed by atoms with Gasteiger partial charge >= 0.3 is 0 Å². The molecule has 0 fully saturated rings. The van der Waals surface area contributed by atoms with Crippen LogP contribution in [0.5, 0.6) is 0 Å². The number of benzene rings is 1. The van der Waals surface area contributed by atoms with Gasteiger partial charge in [-0.2, -0.15) is 5.26 Å². The molecule has 0 spiro atoms. The quantitative estimate of drug-likeness (QED) is 0.823. The number of nitrogens with one attached hydrogen (secondary N) is 1. The molecule has 3 nitrogen and oxygen atoms in total. The van der Waals surface area contributed by atoms with E-state index in [1.807, 2.05) is 13.0 Å². The van der Waals surface area contributed by atoms with E-state index in [0.717, 1.165) is 6.42 Å². The van der Waals surface area contributed by atoms with Gasteiger partial charge in [0, 0.05) is 31.9 Å². The van der Waals surface area contributed by atoms with Gasteiger partial charge in [-0.25, -0.2) is 4.39 Å². The lowest BCUT2D eigenvalue weighted by Gasteiger charge is -2.13. The molecule has 0 saturated heterocycles. The summed E-state index contributed by atoms with van der Waals surface area (Å²) in [6.07, 6.45) is 0.871. The third-order valence-corrected chi connectivity index (χ3v) is 2.60. The maximum atomic E-state index is 13.7. The van der Waals surface area contributed by atoms with Crippen LogP contribution in [-0.4, -0.2) is 19.8 Å². The van der Waals surface area contributed by atoms with Crippen LogP contribution in [0.15, 0.2) is 18.2 Å². The molecule has 0 aliphatic rings. The second-order valence-corrected chi connectivity index (χ2v) is 3.95. The minimum absolute atomic E-state index is 0.0915. The topological polar surface area (TPSA) is 45.0 Å². The van der Waals surface area contributed by atoms with Crippen LogP contribution < -0.4 is 5.32 Å². The summed E-state index contributed by atoms with van der Waals surface area (Å²) < 4.78 is 18.7. The van der Waals surface area contributed by atoms with Gasteiger partial charge in [-0.05, 0) is 19.4 Å². The first-order chi connectivity index (χ1) is 8.19. The fraction of sp³-hybridized carbons (Fsp3) is 0.462. The normalized spacial score (nSPS) is 12.1. The van der Waals surface area contributed by atoms with Crippen LogP contribution >= 0.6 is 0 Å². The van der Waals surface area contributed by atoms with Gasteiger partial charge in [0.1, 0.15) is 11.9 Å². The Morgan fingerprint density at radius 1 is 1.53 bits per heavy atom. The molecule has 1 aromatic rings. The average molecular weight is 236 g/mol. The molecule has 0 aliphatic carbocycles. The Kier molecular flexibility index (Phi) is 5.61. The van der Waals surface area contributed by atoms with Crippen molar-refractivity contribution in [1.29, 1.82) is 5.26 Å². The summed E-state index contributed by atoms with van der Waals surface area (Å²) in [5.41, 5.74) is 0.613. The summed E-state index contributed by atoms with van der Waals surface area (Å²) in [5.74, 6) is -0.429. The first-order valence-corrected chi connectivity index (χ1v) is 5.58. The summed E-state index contributed by atoms with van der Waals surface area (Å²) in [5, 5.41) is 11.9. The second kappa shape index (κ2) is 7.00. The van der Waals surface area contributed by atoms with Gasteiger partial charge in [0.15, 0.2) is 0 Å². The molecular weight excluding hydrogens is 219 g/mol. The predicted molar refractivity (Wildman–Crippen MR) is 63.9 cm³/mol. The van der Waals surface area contributed by atoms with E-state index in [9.17, 15) is 4.39 Å². The summed E-state index contributed by atoms with van der Waals surface area (Å²) >= 11 is 0. The highest BCUT2D eigenvalue weighted by Gasteiger charge is 2.08. The van der Waals surface area contributed by atoms with Crippen molar-refractivity contribution in [1.82, 2.24) is 5.32 Å². The largest absolute Gasteiger partial charge is 0.385 e. The zero-order chi connectivity index (χ0) is 12.7. The van der Waals surface area contributed by atoms with Gasteiger partial charge in [0.2, 0.25) is 0 Å². The Morgan fingerprint density at radius 2 is 2.29 bits per heavy atom. The molecule has 1 aromatic carbocycles. The van der Waals surface area contributed by atoms with Crippen molar-refractivity contribution in [2.75, 3.05) is 13.7 Å². The van der Waals surface area contributed by atoms with Crippen LogP contribution in [0.25, 0.3) is 0 Å². The van der Waals surface area contributed by atoms with Crippen LogP contribution in [0.1, 0.15) is 24.5 Å². The van der Waals surface area contributed by atoms with Crippen molar-refractivity contribution in [2.24, 2.45) is 0 Å². The number of hydrogen-bond donors (Lipinski definition) is 1. The van der Waals surface area contributed by atoms with E-state index >= 15 is 0 Å². The minimum Gasteiger partial charge on any atom is -0.385 e. The lowest BCUT2D eigenvalue weighted by atomic mass is 10.1. The number of rotatable bonds is 6. The summed E-state index contributed by atoms with van der Waals surface area (Å²) in [6, 6.07) is 6.94. The Balaban J connectivity index is 2.55. The van der Waals surface area contributed by atoms with Crippen molar-refractivity contribution in [2.45, 2.75) is 25.9 Å². The molecule has 4 heteroatoms. The maximum Gasteiger partial charge on any atom is 0.145 e. The lowest BCUT2D eigenvalue weighted by Crippen LogP contribution is -2.27. The maximum absolute atomic E-state index is 13.7. The molecule has 1 atom stereocenters. The molecule has 0 heterocycles. The average Bonchev–Trinajstić information content (AvgIpc) is 2.35. The molecule has 92 valence electrons. The number of methoxy groups -OCH3 is 1. The van der Waals surface area contributed by atoms with Crippen LogP contribution in [-0.2, 0) is 11.3 Å². The highest BCUT2D eigenvalue weighted by molar-refractivity contribution is 5.34. The van der Waals surface area contributed by atoms with Gasteiger partial charge < -0.3 is 10.1 Å². The first-order valence-electron chi connectivity index (χ1n) is 5.58. The fourth-order valence-corrected chi connectivity index (χ4v) is 1.48. The van der Waals surface area contributed by atoms with E-state index in [1.54, 1.807) is 19.2 Å². The van der Waals surface area contributed by atoms with E-state index in [-0.39, 0.29) is 11.6 Å². The molecule has 1 rings (SSSR count). The number of hydrogen-bond acceptors (Lipinski definition) is 3. The molecular formula is C13H17FN2O. The minimum atomic E-state index is -0.429. The third kappa shape index (κ3) is 4.14. The lowest BCUT2D eigenvalue weighted by molar-refractivity contribution is 0.184. The van der Waals surface area contributed by atoms with E-state index in [0.29, 0.717) is 18.7 Å². The molecule has 1 unspecified atom stereocenters. The van der Waals surface area contributed by atoms with Gasteiger partial charge in [0.05, 0.1) is 5.56 Å². The Labute approximate surface area is 101 Å². The van der Waals surface area contributed by atoms with Crippen LogP contribution in [0.2, 0.25) is 0 Å². The van der Waals surface area contributed by atoms with Gasteiger partial charge in [-0.3, -0.25) is 0 Å². The fourth-order valence-electron chi connectivity index (χ4n) is 1.48. The molecule has 0 saturated carbocycles. The summed E-state index contributed by atoms with van der Waals surface area (Å²) in [6.45, 7) is 3.12. The monoisotopic (exact) mass is 236 g/mol. The molecule has 0 radical (unpaired) electrons. The standard InChI is InChI=1S/C13H17FN2O/c1-10(6-7-17-2)16-9-12-5-3-4-11(8-15)13(12)14/h3-5,10,16H,6-7,9H2,1-2H3. The number of ether oxygens (including phenoxy) is 1. The first kappa shape index (κ1) is 13.6. The van der Waals surface area contributed by atoms with Crippen LogP contribution in [0.4, 0.5) is 4.39 Å². The number of halogens is 1. The molecule has 17 heavy (non-hydrogen) atoms. The molecule has 1 N–H and O–H groups in total. The van der Waals surface area contributed by atoms with E-state index in [4.69, 9.17) is 10.00 Å². The molecule has 0 bridgehead atoms. The van der Waals surface area contributed by atoms with Gasteiger partial charge in [-0.15, -0.1) is 0 Å². The van der Waals surface area contributed by atoms with Crippen molar-refractivity contribution in [3.05, 3.63) is 35.1 Å². The van der Waals surface area contributed by atoms with E-state index in [1.165, 1.54) is 6.07 Å². The Hall–Kier alpha value is -1.44. The highest BCUT2D eigenvalue weighted by atomic mass is 19.1. The van der Waals surface area contributed by atoms with Gasteiger partial charge in [0.25, 0.3) is 0 Å². The highest BCUT2D eigenvalue weighted by Crippen LogP contribution is 2.12. The summed E-state index contributed by atoms with van der Waals surface area (Å²) in [4.78, 5) is 0. The smallest absolute Gasteiger partial charge is 0.145 e. The van der Waals surface area contributed by atoms with Crippen molar-refractivity contribution >= 4 is 0 Å². The van der Waals surface area contributed by atoms with Crippen LogP contribution in [0, 0.1) is 17.1 Å². The summed E-state index contributed by atoms with van der Waals surface area (Å²) in [7, 11) is 1.66. The van der Waals surface area contributed by atoms with Crippen molar-refractivity contribution < 1.29 is 9.13 Å². The van der Waals surface area contributed by atoms with Crippen molar-refractivity contribution in [3.8, 4) is 6.07 Å². The van der Waals surface area contributed by atoms with Gasteiger partial charge in [-0.1, -0.05) is 12.1 Å².